The van der Waals surface area contributed by atoms with Crippen LogP contribution in [0.15, 0.2) is 63.0 Å². The van der Waals surface area contributed by atoms with Gasteiger partial charge in [0.05, 0.1) is 21.0 Å². The first-order valence-corrected chi connectivity index (χ1v) is 10.2. The van der Waals surface area contributed by atoms with E-state index in [0.717, 1.165) is 28.9 Å². The number of aliphatic carboxylic acids is 1. The molecular weight excluding hydrogens is 465 g/mol. The summed E-state index contributed by atoms with van der Waals surface area (Å²) in [6.07, 6.45) is 1.35. The summed E-state index contributed by atoms with van der Waals surface area (Å²) in [5.74, 6) is -0.618. The number of nitro groups is 1. The van der Waals surface area contributed by atoms with Crippen molar-refractivity contribution >= 4 is 63.7 Å². The van der Waals surface area contributed by atoms with E-state index in [0.29, 0.717) is 10.7 Å². The number of benzene rings is 2. The second-order valence-electron chi connectivity index (χ2n) is 6.22. The molecular formula is C20H11Cl2N3O5S. The summed E-state index contributed by atoms with van der Waals surface area (Å²) < 4.78 is 5.69. The summed E-state index contributed by atoms with van der Waals surface area (Å²) in [7, 11) is 0. The smallest absolute Gasteiger partial charge is 0.342 e. The molecule has 0 saturated heterocycles. The SMILES string of the molecule is O=C(O)/C(=C/c1ccc(-c2cc(Cl)c([N+](=O)[O-])cc2Cl)o1)Sc1nc2ccccc2[nH]1. The van der Waals surface area contributed by atoms with E-state index >= 15 is 0 Å². The van der Waals surface area contributed by atoms with Gasteiger partial charge >= 0.3 is 5.97 Å². The second kappa shape index (κ2) is 8.46. The van der Waals surface area contributed by atoms with Crippen LogP contribution in [0.2, 0.25) is 10.0 Å². The molecule has 11 heteroatoms. The molecule has 0 aliphatic rings. The Morgan fingerprint density at radius 2 is 1.97 bits per heavy atom. The van der Waals surface area contributed by atoms with Crippen LogP contribution in [0.4, 0.5) is 5.69 Å². The van der Waals surface area contributed by atoms with Gasteiger partial charge in [-0.3, -0.25) is 10.1 Å². The summed E-state index contributed by atoms with van der Waals surface area (Å²) in [6.45, 7) is 0. The van der Waals surface area contributed by atoms with Gasteiger partial charge in [0.1, 0.15) is 21.4 Å². The Hall–Kier alpha value is -3.27. The number of furan rings is 1. The number of para-hydroxylation sites is 2. The zero-order valence-electron chi connectivity index (χ0n) is 15.3. The van der Waals surface area contributed by atoms with Crippen LogP contribution >= 0.6 is 35.0 Å². The fourth-order valence-corrected chi connectivity index (χ4v) is 4.05. The van der Waals surface area contributed by atoms with Crippen molar-refractivity contribution < 1.29 is 19.2 Å². The van der Waals surface area contributed by atoms with Crippen molar-refractivity contribution in [3.63, 3.8) is 0 Å². The second-order valence-corrected chi connectivity index (χ2v) is 8.06. The molecule has 2 N–H and O–H groups in total. The van der Waals surface area contributed by atoms with Crippen molar-refractivity contribution in [3.05, 3.63) is 79.4 Å². The number of halogens is 2. The van der Waals surface area contributed by atoms with E-state index in [2.05, 4.69) is 9.97 Å². The third-order valence-corrected chi connectivity index (χ3v) is 5.70. The number of nitro benzene ring substituents is 1. The predicted molar refractivity (Wildman–Crippen MR) is 118 cm³/mol. The normalized spacial score (nSPS) is 11.7. The number of aromatic nitrogens is 2. The molecule has 0 radical (unpaired) electrons. The maximum atomic E-state index is 11.7. The number of imidazole rings is 1. The van der Waals surface area contributed by atoms with Crippen molar-refractivity contribution in [1.29, 1.82) is 0 Å². The fourth-order valence-electron chi connectivity index (χ4n) is 2.79. The topological polar surface area (TPSA) is 122 Å². The molecule has 31 heavy (non-hydrogen) atoms. The van der Waals surface area contributed by atoms with Gasteiger partial charge in [0, 0.05) is 17.7 Å². The van der Waals surface area contributed by atoms with Gasteiger partial charge in [-0.1, -0.05) is 35.3 Å². The highest BCUT2D eigenvalue weighted by Crippen LogP contribution is 2.38. The summed E-state index contributed by atoms with van der Waals surface area (Å²) in [5, 5.41) is 21.0. The lowest BCUT2D eigenvalue weighted by molar-refractivity contribution is -0.384. The third kappa shape index (κ3) is 4.43. The van der Waals surface area contributed by atoms with E-state index in [1.165, 1.54) is 12.1 Å². The first-order valence-electron chi connectivity index (χ1n) is 8.63. The average molecular weight is 476 g/mol. The van der Waals surface area contributed by atoms with Crippen LogP contribution in [-0.4, -0.2) is 26.0 Å². The molecule has 0 fully saturated rings. The number of thioether (sulfide) groups is 1. The van der Waals surface area contributed by atoms with Crippen LogP contribution in [0.3, 0.4) is 0 Å². The minimum absolute atomic E-state index is 0.0206. The van der Waals surface area contributed by atoms with Gasteiger partial charge in [-0.15, -0.1) is 0 Å². The van der Waals surface area contributed by atoms with Crippen LogP contribution in [0.25, 0.3) is 28.4 Å². The van der Waals surface area contributed by atoms with Crippen LogP contribution in [0, 0.1) is 10.1 Å². The van der Waals surface area contributed by atoms with Gasteiger partial charge in [-0.25, -0.2) is 9.78 Å². The molecule has 0 unspecified atom stereocenters. The number of hydrogen-bond donors (Lipinski definition) is 2. The van der Waals surface area contributed by atoms with Crippen LogP contribution in [0.5, 0.6) is 0 Å². The first kappa shape index (κ1) is 21.0. The number of nitrogens with one attached hydrogen (secondary N) is 1. The van der Waals surface area contributed by atoms with Gasteiger partial charge in [0.15, 0.2) is 5.16 Å². The Bertz CT molecular complexity index is 1330. The Labute approximate surface area is 188 Å². The minimum Gasteiger partial charge on any atom is -0.477 e. The maximum absolute atomic E-state index is 11.7. The quantitative estimate of drug-likeness (QED) is 0.146. The lowest BCUT2D eigenvalue weighted by Crippen LogP contribution is -1.96. The number of carboxylic acid groups (broad SMARTS) is 1. The summed E-state index contributed by atoms with van der Waals surface area (Å²) in [4.78, 5) is 29.5. The van der Waals surface area contributed by atoms with Gasteiger partial charge in [0.25, 0.3) is 5.69 Å². The summed E-state index contributed by atoms with van der Waals surface area (Å²) in [6, 6.07) is 12.9. The van der Waals surface area contributed by atoms with Crippen molar-refractivity contribution in [2.75, 3.05) is 0 Å². The standard InChI is InChI=1S/C20H11Cl2N3O5S/c21-12-9-16(25(28)29)13(22)8-11(12)17-6-5-10(30-17)7-18(19(26)27)31-20-23-14-3-1-2-4-15(14)24-20/h1-9H,(H,23,24)(H,26,27)/b18-7-. The number of rotatable bonds is 6. The third-order valence-electron chi connectivity index (χ3n) is 4.18. The van der Waals surface area contributed by atoms with Crippen molar-refractivity contribution in [3.8, 4) is 11.3 Å². The van der Waals surface area contributed by atoms with Gasteiger partial charge in [-0.2, -0.15) is 0 Å². The minimum atomic E-state index is -1.15. The van der Waals surface area contributed by atoms with Crippen LogP contribution < -0.4 is 0 Å². The Balaban J connectivity index is 1.64. The number of carbonyl (C=O) groups is 1. The molecule has 0 bridgehead atoms. The van der Waals surface area contributed by atoms with Gasteiger partial charge in [0.2, 0.25) is 0 Å². The highest BCUT2D eigenvalue weighted by molar-refractivity contribution is 8.04. The lowest BCUT2D eigenvalue weighted by atomic mass is 10.1. The molecule has 0 saturated carbocycles. The molecule has 0 atom stereocenters. The fraction of sp³-hybridized carbons (Fsp3) is 0. The van der Waals surface area contributed by atoms with Crippen molar-refractivity contribution in [1.82, 2.24) is 9.97 Å². The van der Waals surface area contributed by atoms with Crippen molar-refractivity contribution in [2.24, 2.45) is 0 Å². The zero-order valence-corrected chi connectivity index (χ0v) is 17.7. The van der Waals surface area contributed by atoms with Gasteiger partial charge in [-0.05, 0) is 42.1 Å². The summed E-state index contributed by atoms with van der Waals surface area (Å²) >= 11 is 13.0. The van der Waals surface area contributed by atoms with Gasteiger partial charge < -0.3 is 14.5 Å². The van der Waals surface area contributed by atoms with Crippen molar-refractivity contribution in [2.45, 2.75) is 5.16 Å². The number of H-pyrrole nitrogens is 1. The van der Waals surface area contributed by atoms with E-state index in [-0.39, 0.29) is 32.2 Å². The highest BCUT2D eigenvalue weighted by atomic mass is 35.5. The molecule has 156 valence electrons. The van der Waals surface area contributed by atoms with E-state index < -0.39 is 10.9 Å². The van der Waals surface area contributed by atoms with E-state index in [9.17, 15) is 20.0 Å². The molecule has 0 aliphatic heterocycles. The first-order chi connectivity index (χ1) is 14.8. The van der Waals surface area contributed by atoms with E-state index in [4.69, 9.17) is 27.6 Å². The molecule has 0 spiro atoms. The van der Waals surface area contributed by atoms with Crippen LogP contribution in [-0.2, 0) is 4.79 Å². The van der Waals surface area contributed by atoms with Crippen LogP contribution in [0.1, 0.15) is 5.76 Å². The number of nitrogens with zero attached hydrogens (tertiary/aromatic N) is 2. The Morgan fingerprint density at radius 3 is 2.68 bits per heavy atom. The molecule has 2 heterocycles. The molecule has 8 nitrogen and oxygen atoms in total. The predicted octanol–water partition coefficient (Wildman–Crippen LogP) is 6.26. The molecule has 4 aromatic rings. The van der Waals surface area contributed by atoms with E-state index in [1.807, 2.05) is 24.3 Å². The largest absolute Gasteiger partial charge is 0.477 e. The molecule has 0 amide bonds. The molecule has 0 aliphatic carbocycles. The number of aromatic amines is 1. The molecule has 2 aromatic heterocycles. The lowest BCUT2D eigenvalue weighted by Gasteiger charge is -2.03. The molecule has 2 aromatic carbocycles. The maximum Gasteiger partial charge on any atom is 0.342 e. The Morgan fingerprint density at radius 1 is 1.19 bits per heavy atom. The average Bonchev–Trinajstić information content (AvgIpc) is 3.35. The zero-order chi connectivity index (χ0) is 22.1. The number of carboxylic acids is 1. The molecule has 4 rings (SSSR count). The highest BCUT2D eigenvalue weighted by Gasteiger charge is 2.19. The number of fused-ring (bicyclic) bond motifs is 1. The number of hydrogen-bond acceptors (Lipinski definition) is 6. The van der Waals surface area contributed by atoms with E-state index in [1.54, 1.807) is 12.1 Å². The summed E-state index contributed by atoms with van der Waals surface area (Å²) in [5.41, 5.74) is 1.54. The monoisotopic (exact) mass is 475 g/mol. The Kier molecular flexibility index (Phi) is 5.73.